The highest BCUT2D eigenvalue weighted by atomic mass is 32.1. The van der Waals surface area contributed by atoms with E-state index in [1.807, 2.05) is 11.7 Å². The Hall–Kier alpha value is -0.450. The molecule has 1 aromatic rings. The van der Waals surface area contributed by atoms with Crippen LogP contribution in [-0.2, 0) is 11.3 Å². The number of rotatable bonds is 5. The van der Waals surface area contributed by atoms with E-state index in [1.165, 1.54) is 17.7 Å². The van der Waals surface area contributed by atoms with Crippen molar-refractivity contribution in [2.75, 3.05) is 13.2 Å². The largest absolute Gasteiger partial charge is 0.378 e. The zero-order valence-corrected chi connectivity index (χ0v) is 9.05. The van der Waals surface area contributed by atoms with Crippen molar-refractivity contribution in [2.45, 2.75) is 31.9 Å². The van der Waals surface area contributed by atoms with Gasteiger partial charge in [-0.15, -0.1) is 11.3 Å². The lowest BCUT2D eigenvalue weighted by Gasteiger charge is -2.08. The van der Waals surface area contributed by atoms with E-state index in [0.29, 0.717) is 6.10 Å². The summed E-state index contributed by atoms with van der Waals surface area (Å²) in [5.74, 6) is 0. The molecule has 1 fully saturated rings. The maximum atomic E-state index is 5.54. The molecule has 1 unspecified atom stereocenters. The molecule has 1 aliphatic rings. The smallest absolute Gasteiger partial charge is 0.0794 e. The van der Waals surface area contributed by atoms with Crippen LogP contribution in [0.25, 0.3) is 0 Å². The number of hydrogen-bond donors (Lipinski definition) is 1. The summed E-state index contributed by atoms with van der Waals surface area (Å²) in [5, 5.41) is 3.41. The van der Waals surface area contributed by atoms with Crippen LogP contribution in [0.3, 0.4) is 0 Å². The van der Waals surface area contributed by atoms with Crippen LogP contribution in [0.2, 0.25) is 0 Å². The molecule has 0 bridgehead atoms. The average Bonchev–Trinajstić information content (AvgIpc) is 2.86. The van der Waals surface area contributed by atoms with E-state index in [4.69, 9.17) is 4.74 Å². The predicted molar refractivity (Wildman–Crippen MR) is 57.4 cm³/mol. The number of thiazole rings is 1. The van der Waals surface area contributed by atoms with Gasteiger partial charge < -0.3 is 10.1 Å². The minimum atomic E-state index is 0.504. The van der Waals surface area contributed by atoms with Gasteiger partial charge in [0.05, 0.1) is 11.6 Å². The zero-order chi connectivity index (χ0) is 9.64. The van der Waals surface area contributed by atoms with Crippen LogP contribution in [-0.4, -0.2) is 24.2 Å². The molecule has 1 aliphatic heterocycles. The van der Waals surface area contributed by atoms with Gasteiger partial charge in [-0.2, -0.15) is 0 Å². The molecule has 4 heteroatoms. The second-order valence-electron chi connectivity index (χ2n) is 3.57. The molecular formula is C10H16N2OS. The van der Waals surface area contributed by atoms with Crippen LogP contribution < -0.4 is 5.32 Å². The first-order valence-corrected chi connectivity index (χ1v) is 6.03. The minimum Gasteiger partial charge on any atom is -0.378 e. The standard InChI is InChI=1S/C10H16N2OS/c1-2-9(13-5-1)3-4-11-6-10-7-12-8-14-10/h7-9,11H,1-6H2. The summed E-state index contributed by atoms with van der Waals surface area (Å²) in [6, 6.07) is 0. The molecule has 14 heavy (non-hydrogen) atoms. The van der Waals surface area contributed by atoms with Crippen molar-refractivity contribution in [3.63, 3.8) is 0 Å². The van der Waals surface area contributed by atoms with Crippen LogP contribution in [0.5, 0.6) is 0 Å². The fourth-order valence-corrected chi connectivity index (χ4v) is 2.24. The van der Waals surface area contributed by atoms with Gasteiger partial charge in [-0.1, -0.05) is 0 Å². The van der Waals surface area contributed by atoms with Crippen molar-refractivity contribution in [3.8, 4) is 0 Å². The fraction of sp³-hybridized carbons (Fsp3) is 0.700. The predicted octanol–water partition coefficient (Wildman–Crippen LogP) is 1.80. The van der Waals surface area contributed by atoms with E-state index >= 15 is 0 Å². The van der Waals surface area contributed by atoms with E-state index in [1.54, 1.807) is 11.3 Å². The third kappa shape index (κ3) is 3.04. The molecule has 0 spiro atoms. The van der Waals surface area contributed by atoms with Crippen molar-refractivity contribution >= 4 is 11.3 Å². The van der Waals surface area contributed by atoms with Crippen molar-refractivity contribution < 1.29 is 4.74 Å². The summed E-state index contributed by atoms with van der Waals surface area (Å²) in [6.45, 7) is 2.94. The van der Waals surface area contributed by atoms with E-state index in [-0.39, 0.29) is 0 Å². The Balaban J connectivity index is 1.55. The molecule has 0 saturated carbocycles. The number of ether oxygens (including phenoxy) is 1. The van der Waals surface area contributed by atoms with Crippen LogP contribution >= 0.6 is 11.3 Å². The summed E-state index contributed by atoms with van der Waals surface area (Å²) >= 11 is 1.70. The third-order valence-corrected chi connectivity index (χ3v) is 3.23. The van der Waals surface area contributed by atoms with E-state index < -0.39 is 0 Å². The van der Waals surface area contributed by atoms with Crippen molar-refractivity contribution in [2.24, 2.45) is 0 Å². The summed E-state index contributed by atoms with van der Waals surface area (Å²) in [4.78, 5) is 5.34. The van der Waals surface area contributed by atoms with Crippen LogP contribution in [0.4, 0.5) is 0 Å². The Morgan fingerprint density at radius 3 is 3.36 bits per heavy atom. The van der Waals surface area contributed by atoms with Crippen LogP contribution in [0, 0.1) is 0 Å². The normalized spacial score (nSPS) is 21.6. The molecule has 78 valence electrons. The van der Waals surface area contributed by atoms with Gasteiger partial charge >= 0.3 is 0 Å². The highest BCUT2D eigenvalue weighted by Crippen LogP contribution is 2.14. The fourth-order valence-electron chi connectivity index (χ4n) is 1.68. The average molecular weight is 212 g/mol. The SMILES string of the molecule is c1ncc(CNCCC2CCCO2)s1. The zero-order valence-electron chi connectivity index (χ0n) is 8.24. The molecule has 0 aromatic carbocycles. The molecule has 0 aliphatic carbocycles. The summed E-state index contributed by atoms with van der Waals surface area (Å²) < 4.78 is 5.54. The van der Waals surface area contributed by atoms with Crippen LogP contribution in [0.15, 0.2) is 11.7 Å². The lowest BCUT2D eigenvalue weighted by atomic mass is 10.2. The Morgan fingerprint density at radius 1 is 1.64 bits per heavy atom. The Morgan fingerprint density at radius 2 is 2.64 bits per heavy atom. The van der Waals surface area contributed by atoms with Gasteiger partial charge in [0.25, 0.3) is 0 Å². The Kier molecular flexibility index (Phi) is 3.91. The Bertz CT molecular complexity index is 245. The first-order chi connectivity index (χ1) is 6.95. The number of nitrogens with one attached hydrogen (secondary N) is 1. The molecule has 0 amide bonds. The van der Waals surface area contributed by atoms with Crippen molar-refractivity contribution in [1.29, 1.82) is 0 Å². The highest BCUT2D eigenvalue weighted by Gasteiger charge is 2.14. The number of aromatic nitrogens is 1. The van der Waals surface area contributed by atoms with Crippen molar-refractivity contribution in [1.82, 2.24) is 10.3 Å². The van der Waals surface area contributed by atoms with Gasteiger partial charge in [-0.05, 0) is 25.8 Å². The van der Waals surface area contributed by atoms with Crippen molar-refractivity contribution in [3.05, 3.63) is 16.6 Å². The summed E-state index contributed by atoms with van der Waals surface area (Å²) in [5.41, 5.74) is 1.87. The lowest BCUT2D eigenvalue weighted by Crippen LogP contribution is -2.19. The van der Waals surface area contributed by atoms with E-state index in [2.05, 4.69) is 10.3 Å². The van der Waals surface area contributed by atoms with Gasteiger partial charge in [0.2, 0.25) is 0 Å². The topological polar surface area (TPSA) is 34.2 Å². The minimum absolute atomic E-state index is 0.504. The van der Waals surface area contributed by atoms with Crippen LogP contribution in [0.1, 0.15) is 24.1 Å². The molecule has 2 rings (SSSR count). The second kappa shape index (κ2) is 5.44. The van der Waals surface area contributed by atoms with Gasteiger partial charge in [0.15, 0.2) is 0 Å². The van der Waals surface area contributed by atoms with Gasteiger partial charge in [-0.25, -0.2) is 0 Å². The lowest BCUT2D eigenvalue weighted by molar-refractivity contribution is 0.104. The molecule has 1 aromatic heterocycles. The first-order valence-electron chi connectivity index (χ1n) is 5.15. The molecule has 2 heterocycles. The number of nitrogens with zero attached hydrogens (tertiary/aromatic N) is 1. The van der Waals surface area contributed by atoms with Gasteiger partial charge in [0, 0.05) is 24.2 Å². The number of hydrogen-bond acceptors (Lipinski definition) is 4. The van der Waals surface area contributed by atoms with Gasteiger partial charge in [0.1, 0.15) is 0 Å². The molecule has 1 atom stereocenters. The maximum Gasteiger partial charge on any atom is 0.0794 e. The van der Waals surface area contributed by atoms with Gasteiger partial charge in [-0.3, -0.25) is 4.98 Å². The third-order valence-electron chi connectivity index (χ3n) is 2.45. The molecule has 0 radical (unpaired) electrons. The quantitative estimate of drug-likeness (QED) is 0.756. The molecule has 1 saturated heterocycles. The monoisotopic (exact) mass is 212 g/mol. The highest BCUT2D eigenvalue weighted by molar-refractivity contribution is 7.09. The summed E-state index contributed by atoms with van der Waals surface area (Å²) in [7, 11) is 0. The molecular weight excluding hydrogens is 196 g/mol. The van der Waals surface area contributed by atoms with E-state index in [9.17, 15) is 0 Å². The van der Waals surface area contributed by atoms with E-state index in [0.717, 1.165) is 26.1 Å². The molecule has 1 N–H and O–H groups in total. The maximum absolute atomic E-state index is 5.54. The first kappa shape index (κ1) is 10.1. The summed E-state index contributed by atoms with van der Waals surface area (Å²) in [6.07, 6.45) is 6.04. The molecule has 3 nitrogen and oxygen atoms in total. The second-order valence-corrected chi connectivity index (χ2v) is 4.54. The Labute approximate surface area is 88.5 Å².